The molecule has 5 heteroatoms. The maximum atomic E-state index is 13.3. The van der Waals surface area contributed by atoms with Crippen LogP contribution in [0.4, 0.5) is 14.6 Å². The Kier molecular flexibility index (Phi) is 3.32. The number of nitrogens with zero attached hydrogens (tertiary/aromatic N) is 1. The van der Waals surface area contributed by atoms with Gasteiger partial charge in [0.25, 0.3) is 0 Å². The topological polar surface area (TPSA) is 54.7 Å². The van der Waals surface area contributed by atoms with Gasteiger partial charge in [0.2, 0.25) is 0 Å². The second kappa shape index (κ2) is 4.76. The summed E-state index contributed by atoms with van der Waals surface area (Å²) in [5.41, 5.74) is 7.58. The Morgan fingerprint density at radius 3 is 2.44 bits per heavy atom. The summed E-state index contributed by atoms with van der Waals surface area (Å²) in [4.78, 5) is 0. The molecule has 0 spiro atoms. The highest BCUT2D eigenvalue weighted by Crippen LogP contribution is 2.34. The maximum Gasteiger partial charge on any atom is 0.153 e. The van der Waals surface area contributed by atoms with Gasteiger partial charge in [0.1, 0.15) is 11.6 Å². The average molecular weight is 251 g/mol. The highest BCUT2D eigenvalue weighted by atomic mass is 19.1. The van der Waals surface area contributed by atoms with Crippen LogP contribution in [0.15, 0.2) is 18.2 Å². The molecule has 0 aliphatic rings. The van der Waals surface area contributed by atoms with E-state index in [2.05, 4.69) is 10.2 Å². The molecule has 0 aliphatic heterocycles. The Morgan fingerprint density at radius 1 is 1.28 bits per heavy atom. The van der Waals surface area contributed by atoms with Crippen molar-refractivity contribution in [2.45, 2.75) is 26.2 Å². The quantitative estimate of drug-likeness (QED) is 0.877. The molecular weight excluding hydrogens is 236 g/mol. The second-order valence-electron chi connectivity index (χ2n) is 4.36. The fraction of sp³-hybridized carbons (Fsp3) is 0.308. The smallest absolute Gasteiger partial charge is 0.153 e. The first-order chi connectivity index (χ1) is 8.52. The molecule has 0 saturated carbocycles. The van der Waals surface area contributed by atoms with Gasteiger partial charge in [-0.1, -0.05) is 13.8 Å². The Balaban J connectivity index is 2.59. The minimum atomic E-state index is -0.624. The van der Waals surface area contributed by atoms with Gasteiger partial charge in [0.05, 0.1) is 0 Å². The monoisotopic (exact) mass is 251 g/mol. The van der Waals surface area contributed by atoms with Crippen LogP contribution in [0.25, 0.3) is 11.1 Å². The zero-order chi connectivity index (χ0) is 13.3. The predicted molar refractivity (Wildman–Crippen MR) is 67.1 cm³/mol. The van der Waals surface area contributed by atoms with E-state index < -0.39 is 11.6 Å². The first-order valence-corrected chi connectivity index (χ1v) is 5.83. The molecule has 0 radical (unpaired) electrons. The Hall–Kier alpha value is -1.91. The third kappa shape index (κ3) is 2.20. The summed E-state index contributed by atoms with van der Waals surface area (Å²) in [6.07, 6.45) is 0.881. The molecule has 1 aromatic carbocycles. The number of anilines is 1. The van der Waals surface area contributed by atoms with Crippen molar-refractivity contribution >= 4 is 5.82 Å². The molecule has 1 unspecified atom stereocenters. The van der Waals surface area contributed by atoms with Gasteiger partial charge < -0.3 is 5.73 Å². The molecule has 0 fully saturated rings. The summed E-state index contributed by atoms with van der Waals surface area (Å²) in [5.74, 6) is -0.798. The summed E-state index contributed by atoms with van der Waals surface area (Å²) in [5, 5.41) is 6.77. The number of nitrogens with one attached hydrogen (secondary N) is 1. The molecule has 1 aromatic heterocycles. The molecule has 3 nitrogen and oxygen atoms in total. The molecule has 1 heterocycles. The lowest BCUT2D eigenvalue weighted by Gasteiger charge is -2.10. The number of hydrogen-bond donors (Lipinski definition) is 2. The van der Waals surface area contributed by atoms with Crippen LogP contribution in [-0.2, 0) is 0 Å². The third-order valence-corrected chi connectivity index (χ3v) is 3.08. The summed E-state index contributed by atoms with van der Waals surface area (Å²) < 4.78 is 26.5. The number of halogens is 2. The van der Waals surface area contributed by atoms with Gasteiger partial charge in [-0.2, -0.15) is 5.10 Å². The van der Waals surface area contributed by atoms with Crippen LogP contribution in [0.3, 0.4) is 0 Å². The summed E-state index contributed by atoms with van der Waals surface area (Å²) >= 11 is 0. The van der Waals surface area contributed by atoms with E-state index in [0.29, 0.717) is 11.1 Å². The van der Waals surface area contributed by atoms with E-state index in [1.807, 2.05) is 13.8 Å². The highest BCUT2D eigenvalue weighted by molar-refractivity contribution is 5.76. The number of aromatic nitrogens is 2. The van der Waals surface area contributed by atoms with Crippen molar-refractivity contribution in [1.82, 2.24) is 10.2 Å². The van der Waals surface area contributed by atoms with Crippen molar-refractivity contribution in [3.8, 4) is 11.1 Å². The predicted octanol–water partition coefficient (Wildman–Crippen LogP) is 3.45. The summed E-state index contributed by atoms with van der Waals surface area (Å²) in [6.45, 7) is 4.03. The summed E-state index contributed by atoms with van der Waals surface area (Å²) in [7, 11) is 0. The molecule has 2 rings (SSSR count). The van der Waals surface area contributed by atoms with Crippen LogP contribution >= 0.6 is 0 Å². The lowest BCUT2D eigenvalue weighted by Crippen LogP contribution is -1.96. The molecule has 0 aliphatic carbocycles. The molecule has 3 N–H and O–H groups in total. The lowest BCUT2D eigenvalue weighted by molar-refractivity contribution is 0.584. The number of hydrogen-bond acceptors (Lipinski definition) is 2. The van der Waals surface area contributed by atoms with Crippen LogP contribution in [0, 0.1) is 11.6 Å². The number of aromatic amines is 1. The minimum Gasteiger partial charge on any atom is -0.382 e. The van der Waals surface area contributed by atoms with E-state index >= 15 is 0 Å². The highest BCUT2D eigenvalue weighted by Gasteiger charge is 2.18. The molecule has 2 aromatic rings. The van der Waals surface area contributed by atoms with Gasteiger partial charge in [-0.05, 0) is 30.0 Å². The van der Waals surface area contributed by atoms with Gasteiger partial charge in [-0.25, -0.2) is 8.78 Å². The molecule has 18 heavy (non-hydrogen) atoms. The standard InChI is InChI=1S/C13H15F2N3/c1-3-7(2)12-11(13(16)18-17-12)8-4-9(14)6-10(15)5-8/h4-7H,3H2,1-2H3,(H3,16,17,18). The van der Waals surface area contributed by atoms with E-state index in [1.165, 1.54) is 12.1 Å². The van der Waals surface area contributed by atoms with Crippen molar-refractivity contribution in [2.24, 2.45) is 0 Å². The Labute approximate surface area is 104 Å². The van der Waals surface area contributed by atoms with Crippen molar-refractivity contribution in [2.75, 3.05) is 5.73 Å². The zero-order valence-electron chi connectivity index (χ0n) is 10.3. The number of nitrogens with two attached hydrogens (primary N) is 1. The molecule has 1 atom stereocenters. The van der Waals surface area contributed by atoms with E-state index in [9.17, 15) is 8.78 Å². The second-order valence-corrected chi connectivity index (χ2v) is 4.36. The van der Waals surface area contributed by atoms with Crippen molar-refractivity contribution in [3.63, 3.8) is 0 Å². The van der Waals surface area contributed by atoms with Crippen LogP contribution < -0.4 is 5.73 Å². The van der Waals surface area contributed by atoms with Gasteiger partial charge in [-0.3, -0.25) is 5.10 Å². The lowest BCUT2D eigenvalue weighted by atomic mass is 9.96. The van der Waals surface area contributed by atoms with E-state index in [4.69, 9.17) is 5.73 Å². The zero-order valence-corrected chi connectivity index (χ0v) is 10.3. The first kappa shape index (κ1) is 12.5. The van der Waals surface area contributed by atoms with Gasteiger partial charge in [-0.15, -0.1) is 0 Å². The molecule has 0 saturated heterocycles. The van der Waals surface area contributed by atoms with Gasteiger partial charge in [0.15, 0.2) is 5.82 Å². The SMILES string of the molecule is CCC(C)c1[nH]nc(N)c1-c1cc(F)cc(F)c1. The van der Waals surface area contributed by atoms with E-state index in [0.717, 1.165) is 18.2 Å². The normalized spacial score (nSPS) is 12.7. The van der Waals surface area contributed by atoms with Gasteiger partial charge >= 0.3 is 0 Å². The van der Waals surface area contributed by atoms with Gasteiger partial charge in [0, 0.05) is 17.3 Å². The number of rotatable bonds is 3. The third-order valence-electron chi connectivity index (χ3n) is 3.08. The number of benzene rings is 1. The Bertz CT molecular complexity index is 543. The molecular formula is C13H15F2N3. The minimum absolute atomic E-state index is 0.191. The van der Waals surface area contributed by atoms with E-state index in [-0.39, 0.29) is 11.7 Å². The number of H-pyrrole nitrogens is 1. The molecule has 0 bridgehead atoms. The first-order valence-electron chi connectivity index (χ1n) is 5.83. The van der Waals surface area contributed by atoms with Crippen LogP contribution in [0.1, 0.15) is 31.9 Å². The average Bonchev–Trinajstić information content (AvgIpc) is 2.69. The largest absolute Gasteiger partial charge is 0.382 e. The fourth-order valence-electron chi connectivity index (χ4n) is 1.93. The van der Waals surface area contributed by atoms with E-state index in [1.54, 1.807) is 0 Å². The Morgan fingerprint density at radius 2 is 1.89 bits per heavy atom. The van der Waals surface area contributed by atoms with Crippen LogP contribution in [0.2, 0.25) is 0 Å². The number of nitrogen functional groups attached to an aromatic ring is 1. The van der Waals surface area contributed by atoms with Crippen molar-refractivity contribution < 1.29 is 8.78 Å². The van der Waals surface area contributed by atoms with Crippen LogP contribution in [0.5, 0.6) is 0 Å². The van der Waals surface area contributed by atoms with Crippen LogP contribution in [-0.4, -0.2) is 10.2 Å². The maximum absolute atomic E-state index is 13.3. The summed E-state index contributed by atoms with van der Waals surface area (Å²) in [6, 6.07) is 3.36. The fourth-order valence-corrected chi connectivity index (χ4v) is 1.93. The molecule has 96 valence electrons. The van der Waals surface area contributed by atoms with Crippen molar-refractivity contribution in [3.05, 3.63) is 35.5 Å². The molecule has 0 amide bonds. The van der Waals surface area contributed by atoms with Crippen molar-refractivity contribution in [1.29, 1.82) is 0 Å².